The molecule has 0 spiro atoms. The number of hydrogen-bond acceptors (Lipinski definition) is 6. The average Bonchev–Trinajstić information content (AvgIpc) is 2.90. The number of pyridine rings is 1. The SMILES string of the molecule is CC(=O)Nc1ccc(C(C)NC(CCc2ccccc2)C(=O)NC(C)C(=O)NCc2ccc(N)nc2C)cc1. The van der Waals surface area contributed by atoms with E-state index in [1.54, 1.807) is 13.0 Å². The van der Waals surface area contributed by atoms with Crippen LogP contribution in [-0.2, 0) is 27.3 Å². The van der Waals surface area contributed by atoms with Crippen LogP contribution in [0, 0.1) is 6.92 Å². The fourth-order valence-corrected chi connectivity index (χ4v) is 4.21. The molecule has 206 valence electrons. The van der Waals surface area contributed by atoms with Gasteiger partial charge < -0.3 is 21.7 Å². The number of nitrogen functional groups attached to an aromatic ring is 1. The molecule has 9 heteroatoms. The molecule has 3 rings (SSSR count). The normalized spacial score (nSPS) is 13.1. The predicted octanol–water partition coefficient (Wildman–Crippen LogP) is 3.40. The van der Waals surface area contributed by atoms with E-state index in [1.807, 2.05) is 74.5 Å². The first-order valence-electron chi connectivity index (χ1n) is 13.1. The van der Waals surface area contributed by atoms with Crippen molar-refractivity contribution in [1.82, 2.24) is 20.9 Å². The Morgan fingerprint density at radius 1 is 0.923 bits per heavy atom. The Balaban J connectivity index is 1.64. The number of carbonyl (C=O) groups excluding carboxylic acids is 3. The van der Waals surface area contributed by atoms with Gasteiger partial charge in [-0.25, -0.2) is 4.98 Å². The Labute approximate surface area is 230 Å². The van der Waals surface area contributed by atoms with E-state index in [4.69, 9.17) is 5.73 Å². The van der Waals surface area contributed by atoms with E-state index in [0.717, 1.165) is 22.4 Å². The average molecular weight is 531 g/mol. The van der Waals surface area contributed by atoms with Gasteiger partial charge in [-0.3, -0.25) is 19.7 Å². The van der Waals surface area contributed by atoms with Gasteiger partial charge in [0.2, 0.25) is 17.7 Å². The fourth-order valence-electron chi connectivity index (χ4n) is 4.21. The number of rotatable bonds is 12. The van der Waals surface area contributed by atoms with Crippen LogP contribution in [-0.4, -0.2) is 34.8 Å². The van der Waals surface area contributed by atoms with Crippen LogP contribution in [0.5, 0.6) is 0 Å². The second kappa shape index (κ2) is 14.1. The number of benzene rings is 2. The van der Waals surface area contributed by atoms with Crippen molar-refractivity contribution in [2.75, 3.05) is 11.1 Å². The third-order valence-electron chi connectivity index (χ3n) is 6.49. The van der Waals surface area contributed by atoms with E-state index in [2.05, 4.69) is 26.3 Å². The van der Waals surface area contributed by atoms with E-state index in [0.29, 0.717) is 30.9 Å². The quantitative estimate of drug-likeness (QED) is 0.243. The van der Waals surface area contributed by atoms with Gasteiger partial charge in [-0.15, -0.1) is 0 Å². The number of aromatic nitrogens is 1. The second-order valence-corrected chi connectivity index (χ2v) is 9.70. The summed E-state index contributed by atoms with van der Waals surface area (Å²) < 4.78 is 0. The lowest BCUT2D eigenvalue weighted by Gasteiger charge is -2.25. The summed E-state index contributed by atoms with van der Waals surface area (Å²) in [6.45, 7) is 7.24. The van der Waals surface area contributed by atoms with Crippen molar-refractivity contribution >= 4 is 29.2 Å². The topological polar surface area (TPSA) is 138 Å². The highest BCUT2D eigenvalue weighted by Crippen LogP contribution is 2.18. The summed E-state index contributed by atoms with van der Waals surface area (Å²) in [7, 11) is 0. The Morgan fingerprint density at radius 2 is 1.62 bits per heavy atom. The van der Waals surface area contributed by atoms with Gasteiger partial charge in [-0.1, -0.05) is 48.5 Å². The molecule has 0 bridgehead atoms. The van der Waals surface area contributed by atoms with Crippen LogP contribution in [0.1, 0.15) is 55.6 Å². The van der Waals surface area contributed by atoms with Gasteiger partial charge in [-0.05, 0) is 68.5 Å². The van der Waals surface area contributed by atoms with E-state index >= 15 is 0 Å². The van der Waals surface area contributed by atoms with Gasteiger partial charge >= 0.3 is 0 Å². The van der Waals surface area contributed by atoms with E-state index < -0.39 is 12.1 Å². The van der Waals surface area contributed by atoms with Gasteiger partial charge in [0.25, 0.3) is 0 Å². The van der Waals surface area contributed by atoms with Crippen molar-refractivity contribution in [3.05, 3.63) is 89.1 Å². The van der Waals surface area contributed by atoms with Crippen molar-refractivity contribution in [3.8, 4) is 0 Å². The highest BCUT2D eigenvalue weighted by Gasteiger charge is 2.24. The van der Waals surface area contributed by atoms with E-state index in [9.17, 15) is 14.4 Å². The molecule has 3 unspecified atom stereocenters. The van der Waals surface area contributed by atoms with Gasteiger partial charge in [0.05, 0.1) is 6.04 Å². The van der Waals surface area contributed by atoms with Gasteiger partial charge in [-0.2, -0.15) is 0 Å². The Kier molecular flexibility index (Phi) is 10.6. The first kappa shape index (κ1) is 29.3. The van der Waals surface area contributed by atoms with Gasteiger partial charge in [0.15, 0.2) is 0 Å². The van der Waals surface area contributed by atoms with Crippen molar-refractivity contribution in [3.63, 3.8) is 0 Å². The molecule has 9 nitrogen and oxygen atoms in total. The van der Waals surface area contributed by atoms with Crippen molar-refractivity contribution in [1.29, 1.82) is 0 Å². The van der Waals surface area contributed by atoms with Crippen LogP contribution < -0.4 is 27.0 Å². The molecule has 1 aromatic heterocycles. The molecule has 0 aliphatic rings. The highest BCUT2D eigenvalue weighted by atomic mass is 16.2. The van der Waals surface area contributed by atoms with Crippen molar-refractivity contribution < 1.29 is 14.4 Å². The lowest BCUT2D eigenvalue weighted by molar-refractivity contribution is -0.129. The first-order valence-corrected chi connectivity index (χ1v) is 13.1. The molecule has 0 aliphatic heterocycles. The smallest absolute Gasteiger partial charge is 0.242 e. The minimum atomic E-state index is -0.729. The zero-order valence-corrected chi connectivity index (χ0v) is 23.0. The van der Waals surface area contributed by atoms with Crippen LogP contribution in [0.15, 0.2) is 66.7 Å². The number of anilines is 2. The number of carbonyl (C=O) groups is 3. The van der Waals surface area contributed by atoms with Crippen LogP contribution in [0.2, 0.25) is 0 Å². The van der Waals surface area contributed by atoms with Crippen LogP contribution >= 0.6 is 0 Å². The van der Waals surface area contributed by atoms with Crippen molar-refractivity contribution in [2.24, 2.45) is 0 Å². The monoisotopic (exact) mass is 530 g/mol. The molecular weight excluding hydrogens is 492 g/mol. The Hall–Kier alpha value is -4.24. The second-order valence-electron chi connectivity index (χ2n) is 9.70. The minimum Gasteiger partial charge on any atom is -0.384 e. The van der Waals surface area contributed by atoms with Crippen LogP contribution in [0.4, 0.5) is 11.5 Å². The summed E-state index contributed by atoms with van der Waals surface area (Å²) in [6, 6.07) is 19.6. The number of amides is 3. The fraction of sp³-hybridized carbons (Fsp3) is 0.333. The lowest BCUT2D eigenvalue weighted by Crippen LogP contribution is -2.52. The molecule has 2 aromatic carbocycles. The lowest BCUT2D eigenvalue weighted by atomic mass is 10.0. The molecule has 3 amide bonds. The summed E-state index contributed by atoms with van der Waals surface area (Å²) in [5.41, 5.74) is 10.1. The third kappa shape index (κ3) is 9.22. The number of nitrogens with two attached hydrogens (primary N) is 1. The Bertz CT molecular complexity index is 1260. The molecule has 39 heavy (non-hydrogen) atoms. The summed E-state index contributed by atoms with van der Waals surface area (Å²) in [4.78, 5) is 41.7. The van der Waals surface area contributed by atoms with Crippen LogP contribution in [0.3, 0.4) is 0 Å². The number of aryl methyl sites for hydroxylation is 2. The highest BCUT2D eigenvalue weighted by molar-refractivity contribution is 5.89. The van der Waals surface area contributed by atoms with Gasteiger partial charge in [0, 0.05) is 30.9 Å². The predicted molar refractivity (Wildman–Crippen MR) is 154 cm³/mol. The van der Waals surface area contributed by atoms with E-state index in [1.165, 1.54) is 6.92 Å². The zero-order chi connectivity index (χ0) is 28.4. The standard InChI is InChI=1S/C30H38N6O3/c1-19(24-11-14-26(15-12-24)36-22(4)37)33-27(16-10-23-8-6-5-7-9-23)30(39)35-21(3)29(38)32-18-25-13-17-28(31)34-20(25)2/h5-9,11-15,17,19,21,27,33H,10,16,18H2,1-4H3,(H2,31,34)(H,32,38)(H,35,39)(H,36,37). The van der Waals surface area contributed by atoms with E-state index in [-0.39, 0.29) is 23.8 Å². The Morgan fingerprint density at radius 3 is 2.26 bits per heavy atom. The summed E-state index contributed by atoms with van der Waals surface area (Å²) in [5, 5.41) is 11.9. The molecule has 6 N–H and O–H groups in total. The molecular formula is C30H38N6O3. The molecule has 0 fully saturated rings. The maximum absolute atomic E-state index is 13.4. The van der Waals surface area contributed by atoms with Crippen molar-refractivity contribution in [2.45, 2.75) is 65.2 Å². The minimum absolute atomic E-state index is 0.134. The number of hydrogen-bond donors (Lipinski definition) is 5. The zero-order valence-electron chi connectivity index (χ0n) is 23.0. The maximum atomic E-state index is 13.4. The molecule has 3 atom stereocenters. The molecule has 1 heterocycles. The van der Waals surface area contributed by atoms with Crippen LogP contribution in [0.25, 0.3) is 0 Å². The first-order chi connectivity index (χ1) is 18.6. The maximum Gasteiger partial charge on any atom is 0.242 e. The molecule has 0 aliphatic carbocycles. The molecule has 0 radical (unpaired) electrons. The molecule has 0 saturated carbocycles. The third-order valence-corrected chi connectivity index (χ3v) is 6.49. The molecule has 0 saturated heterocycles. The number of nitrogens with zero attached hydrogens (tertiary/aromatic N) is 1. The van der Waals surface area contributed by atoms with Gasteiger partial charge in [0.1, 0.15) is 11.9 Å². The summed E-state index contributed by atoms with van der Waals surface area (Å²) in [6.07, 6.45) is 1.25. The number of nitrogens with one attached hydrogen (secondary N) is 4. The molecule has 3 aromatic rings. The summed E-state index contributed by atoms with van der Waals surface area (Å²) in [5.74, 6) is -0.247. The summed E-state index contributed by atoms with van der Waals surface area (Å²) >= 11 is 0. The largest absolute Gasteiger partial charge is 0.384 e.